The Morgan fingerprint density at radius 1 is 1.00 bits per heavy atom. The van der Waals surface area contributed by atoms with Crippen LogP contribution in [0.15, 0.2) is 74.9 Å². The molecular weight excluding hydrogens is 336 g/mol. The molecule has 0 saturated carbocycles. The summed E-state index contributed by atoms with van der Waals surface area (Å²) in [5, 5.41) is 10.8. The lowest BCUT2D eigenvalue weighted by molar-refractivity contribution is -0.255. The van der Waals surface area contributed by atoms with Crippen LogP contribution in [0.1, 0.15) is 26.5 Å². The molecule has 5 heteroatoms. The third-order valence-corrected chi connectivity index (χ3v) is 4.98. The molecule has 1 aliphatic rings. The molecular formula is C20H11O4S-. The molecule has 1 aliphatic heterocycles. The molecule has 4 nitrogen and oxygen atoms in total. The molecule has 122 valence electrons. The number of hydrogen-bond acceptors (Lipinski definition) is 5. The van der Waals surface area contributed by atoms with Gasteiger partial charge in [0.15, 0.2) is 0 Å². The number of allylic oxidation sites excluding steroid dienone is 1. The minimum Gasteiger partial charge on any atom is -0.545 e. The Morgan fingerprint density at radius 2 is 1.76 bits per heavy atom. The van der Waals surface area contributed by atoms with Crippen LogP contribution < -0.4 is 5.11 Å². The highest BCUT2D eigenvalue weighted by Crippen LogP contribution is 2.40. The Hall–Kier alpha value is -3.05. The van der Waals surface area contributed by atoms with E-state index in [1.165, 1.54) is 23.9 Å². The molecule has 0 spiro atoms. The molecule has 0 N–H and O–H groups in total. The highest BCUT2D eigenvalue weighted by atomic mass is 32.2. The van der Waals surface area contributed by atoms with Crippen molar-refractivity contribution in [1.82, 2.24) is 0 Å². The lowest BCUT2D eigenvalue weighted by Gasteiger charge is -2.02. The number of carboxylic acids is 1. The van der Waals surface area contributed by atoms with Gasteiger partial charge >= 0.3 is 0 Å². The second-order valence-electron chi connectivity index (χ2n) is 5.50. The van der Waals surface area contributed by atoms with E-state index >= 15 is 0 Å². The summed E-state index contributed by atoms with van der Waals surface area (Å²) in [7, 11) is 0. The van der Waals surface area contributed by atoms with Crippen LogP contribution in [0.2, 0.25) is 0 Å². The van der Waals surface area contributed by atoms with Gasteiger partial charge < -0.3 is 14.3 Å². The van der Waals surface area contributed by atoms with Crippen LogP contribution in [0.4, 0.5) is 0 Å². The minimum absolute atomic E-state index is 0.00291. The maximum atomic E-state index is 12.4. The third kappa shape index (κ3) is 2.90. The highest BCUT2D eigenvalue weighted by molar-refractivity contribution is 8.04. The van der Waals surface area contributed by atoms with E-state index in [1.54, 1.807) is 30.3 Å². The molecule has 0 unspecified atom stereocenters. The van der Waals surface area contributed by atoms with Gasteiger partial charge in [-0.25, -0.2) is 0 Å². The molecule has 0 amide bonds. The molecule has 0 atom stereocenters. The van der Waals surface area contributed by atoms with Gasteiger partial charge in [-0.1, -0.05) is 48.2 Å². The average Bonchev–Trinajstić information content (AvgIpc) is 3.21. The minimum atomic E-state index is -1.22. The normalized spacial score (nSPS) is 14.7. The van der Waals surface area contributed by atoms with E-state index in [4.69, 9.17) is 4.42 Å². The van der Waals surface area contributed by atoms with Crippen molar-refractivity contribution in [2.45, 2.75) is 4.90 Å². The monoisotopic (exact) mass is 347 g/mol. The van der Waals surface area contributed by atoms with Gasteiger partial charge in [0.1, 0.15) is 11.5 Å². The zero-order valence-corrected chi connectivity index (χ0v) is 13.7. The van der Waals surface area contributed by atoms with Gasteiger partial charge in [-0.3, -0.25) is 4.79 Å². The summed E-state index contributed by atoms with van der Waals surface area (Å²) in [6.07, 6.45) is 1.73. The first-order chi connectivity index (χ1) is 12.1. The first kappa shape index (κ1) is 15.5. The van der Waals surface area contributed by atoms with Gasteiger partial charge in [-0.05, 0) is 35.9 Å². The van der Waals surface area contributed by atoms with E-state index in [1.807, 2.05) is 24.3 Å². The maximum Gasteiger partial charge on any atom is 0.200 e. The number of benzene rings is 2. The fourth-order valence-electron chi connectivity index (χ4n) is 2.62. The summed E-state index contributed by atoms with van der Waals surface area (Å²) in [5.41, 5.74) is 1.58. The van der Waals surface area contributed by atoms with Crippen molar-refractivity contribution in [3.8, 4) is 11.3 Å². The van der Waals surface area contributed by atoms with Gasteiger partial charge in [0.2, 0.25) is 5.78 Å². The smallest absolute Gasteiger partial charge is 0.200 e. The van der Waals surface area contributed by atoms with Crippen LogP contribution in [0.25, 0.3) is 17.4 Å². The van der Waals surface area contributed by atoms with Crippen LogP contribution >= 0.6 is 11.8 Å². The first-order valence-corrected chi connectivity index (χ1v) is 8.38. The van der Waals surface area contributed by atoms with Crippen molar-refractivity contribution in [3.63, 3.8) is 0 Å². The number of thioether (sulfide) groups is 1. The Morgan fingerprint density at radius 3 is 2.48 bits per heavy atom. The summed E-state index contributed by atoms with van der Waals surface area (Å²) in [5.74, 6) is -0.0445. The van der Waals surface area contributed by atoms with E-state index in [0.717, 1.165) is 10.5 Å². The van der Waals surface area contributed by atoms with Crippen LogP contribution in [-0.4, -0.2) is 11.8 Å². The summed E-state index contributed by atoms with van der Waals surface area (Å²) >= 11 is 1.43. The molecule has 3 aromatic rings. The first-order valence-electron chi connectivity index (χ1n) is 7.57. The number of aromatic carboxylic acids is 1. The number of rotatable bonds is 3. The Bertz CT molecular complexity index is 1010. The Balaban J connectivity index is 1.60. The third-order valence-electron chi connectivity index (χ3n) is 3.88. The molecule has 2 aromatic carbocycles. The second-order valence-corrected chi connectivity index (χ2v) is 6.59. The van der Waals surface area contributed by atoms with Crippen LogP contribution in [0, 0.1) is 0 Å². The molecule has 0 saturated heterocycles. The molecule has 0 radical (unpaired) electrons. The van der Waals surface area contributed by atoms with E-state index in [2.05, 4.69) is 0 Å². The number of carbonyl (C=O) groups excluding carboxylic acids is 2. The van der Waals surface area contributed by atoms with Gasteiger partial charge in [0, 0.05) is 16.0 Å². The molecule has 0 fully saturated rings. The summed E-state index contributed by atoms with van der Waals surface area (Å²) < 4.78 is 5.77. The molecule has 4 rings (SSSR count). The number of carboxylic acid groups (broad SMARTS) is 1. The summed E-state index contributed by atoms with van der Waals surface area (Å²) in [6, 6.07) is 17.3. The predicted octanol–water partition coefficient (Wildman–Crippen LogP) is 3.64. The van der Waals surface area contributed by atoms with Gasteiger partial charge in [-0.2, -0.15) is 0 Å². The number of carbonyl (C=O) groups is 2. The van der Waals surface area contributed by atoms with E-state index in [9.17, 15) is 14.7 Å². The zero-order valence-electron chi connectivity index (χ0n) is 12.9. The van der Waals surface area contributed by atoms with E-state index < -0.39 is 5.97 Å². The SMILES string of the molecule is O=C([O-])c1ccc(-c2ccc(C=C3Sc4ccccc4C3=O)o2)cc1. The number of fused-ring (bicyclic) bond motifs is 1. The summed E-state index contributed by atoms with van der Waals surface area (Å²) in [6.45, 7) is 0. The van der Waals surface area contributed by atoms with Crippen LogP contribution in [0.5, 0.6) is 0 Å². The standard InChI is InChI=1S/C20H12O4S/c21-19-15-3-1-2-4-17(15)25-18(19)11-14-9-10-16(24-14)12-5-7-13(8-6-12)20(22)23/h1-11H,(H,22,23)/p-1. The van der Waals surface area contributed by atoms with Crippen molar-refractivity contribution in [2.24, 2.45) is 0 Å². The number of hydrogen-bond donors (Lipinski definition) is 0. The molecule has 1 aromatic heterocycles. The number of furan rings is 1. The predicted molar refractivity (Wildman–Crippen MR) is 93.1 cm³/mol. The summed E-state index contributed by atoms with van der Waals surface area (Å²) in [4.78, 5) is 24.7. The lowest BCUT2D eigenvalue weighted by atomic mass is 10.1. The fourth-order valence-corrected chi connectivity index (χ4v) is 3.65. The van der Waals surface area contributed by atoms with Crippen molar-refractivity contribution >= 4 is 29.6 Å². The van der Waals surface area contributed by atoms with Crippen molar-refractivity contribution < 1.29 is 19.1 Å². The average molecular weight is 347 g/mol. The lowest BCUT2D eigenvalue weighted by Crippen LogP contribution is -2.21. The number of ketones is 1. The van der Waals surface area contributed by atoms with Gasteiger partial charge in [-0.15, -0.1) is 0 Å². The maximum absolute atomic E-state index is 12.4. The Kier molecular flexibility index (Phi) is 3.78. The highest BCUT2D eigenvalue weighted by Gasteiger charge is 2.25. The van der Waals surface area contributed by atoms with Crippen LogP contribution in [-0.2, 0) is 0 Å². The molecule has 25 heavy (non-hydrogen) atoms. The topological polar surface area (TPSA) is 70.3 Å². The van der Waals surface area contributed by atoms with E-state index in [0.29, 0.717) is 22.0 Å². The Labute approximate surface area is 147 Å². The van der Waals surface area contributed by atoms with Crippen molar-refractivity contribution in [3.05, 3.63) is 82.5 Å². The zero-order chi connectivity index (χ0) is 17.4. The molecule has 2 heterocycles. The van der Waals surface area contributed by atoms with Gasteiger partial charge in [0.25, 0.3) is 0 Å². The quantitative estimate of drug-likeness (QED) is 0.677. The molecule has 0 bridgehead atoms. The van der Waals surface area contributed by atoms with Crippen LogP contribution in [0.3, 0.4) is 0 Å². The number of Topliss-reactive ketones (excluding diaryl/α,β-unsaturated/α-hetero) is 1. The van der Waals surface area contributed by atoms with Gasteiger partial charge in [0.05, 0.1) is 10.9 Å². The van der Waals surface area contributed by atoms with Crippen molar-refractivity contribution in [2.75, 3.05) is 0 Å². The van der Waals surface area contributed by atoms with Crippen molar-refractivity contribution in [1.29, 1.82) is 0 Å². The second kappa shape index (κ2) is 6.11. The fraction of sp³-hybridized carbons (Fsp3) is 0. The largest absolute Gasteiger partial charge is 0.545 e. The molecule has 0 aliphatic carbocycles. The van der Waals surface area contributed by atoms with E-state index in [-0.39, 0.29) is 11.3 Å².